The molecular weight excluding hydrogens is 484 g/mol. The van der Waals surface area contributed by atoms with Crippen LogP contribution in [0.2, 0.25) is 0 Å². The number of rotatable bonds is 9. The van der Waals surface area contributed by atoms with E-state index in [-0.39, 0.29) is 11.3 Å². The Balaban J connectivity index is 2.04. The van der Waals surface area contributed by atoms with Gasteiger partial charge in [0.15, 0.2) is 0 Å². The summed E-state index contributed by atoms with van der Waals surface area (Å²) in [6.07, 6.45) is 2.01. The normalized spacial score (nSPS) is 17.8. The lowest BCUT2D eigenvalue weighted by atomic mass is 9.95. The van der Waals surface area contributed by atoms with Crippen molar-refractivity contribution in [3.63, 3.8) is 0 Å². The first-order valence-electron chi connectivity index (χ1n) is 11.2. The van der Waals surface area contributed by atoms with Crippen LogP contribution in [0.15, 0.2) is 52.5 Å². The van der Waals surface area contributed by atoms with Crippen molar-refractivity contribution in [3.05, 3.63) is 69.2 Å². The molecule has 7 heteroatoms. The molecule has 0 aliphatic carbocycles. The zero-order chi connectivity index (χ0) is 24.1. The van der Waals surface area contributed by atoms with E-state index in [0.717, 1.165) is 34.2 Å². The van der Waals surface area contributed by atoms with Crippen LogP contribution in [0.5, 0.6) is 5.75 Å². The largest absolute Gasteiger partial charge is 0.507 e. The number of unbranched alkanes of at least 4 members (excludes halogenated alkanes) is 1. The van der Waals surface area contributed by atoms with Crippen molar-refractivity contribution in [2.75, 3.05) is 33.8 Å². The standard InChI is InChI=1S/C26H31BrN2O4/c1-5-6-15-33-21-12-9-19(16-17(21)2)24(30)22-23(18-7-10-20(27)11-8-18)29(14-13-28(3)4)26(32)25(22)31/h7-12,16,23,30H,5-6,13-15H2,1-4H3/b24-22+/t23-/m1/s1. The Hall–Kier alpha value is -2.64. The molecule has 176 valence electrons. The van der Waals surface area contributed by atoms with Crippen LogP contribution in [0.4, 0.5) is 0 Å². The number of hydrogen-bond donors (Lipinski definition) is 1. The van der Waals surface area contributed by atoms with Crippen molar-refractivity contribution in [2.45, 2.75) is 32.7 Å². The molecule has 1 saturated heterocycles. The summed E-state index contributed by atoms with van der Waals surface area (Å²) in [6.45, 7) is 5.61. The summed E-state index contributed by atoms with van der Waals surface area (Å²) < 4.78 is 6.71. The number of aliphatic hydroxyl groups is 1. The van der Waals surface area contributed by atoms with Crippen LogP contribution >= 0.6 is 15.9 Å². The van der Waals surface area contributed by atoms with E-state index in [4.69, 9.17) is 4.74 Å². The number of carbonyl (C=O) groups is 2. The Labute approximate surface area is 204 Å². The smallest absolute Gasteiger partial charge is 0.295 e. The van der Waals surface area contributed by atoms with Gasteiger partial charge in [-0.3, -0.25) is 9.59 Å². The molecule has 1 N–H and O–H groups in total. The van der Waals surface area contributed by atoms with Gasteiger partial charge in [-0.25, -0.2) is 0 Å². The molecule has 33 heavy (non-hydrogen) atoms. The van der Waals surface area contributed by atoms with Gasteiger partial charge in [0.05, 0.1) is 18.2 Å². The molecule has 1 amide bonds. The quantitative estimate of drug-likeness (QED) is 0.222. The molecule has 0 aromatic heterocycles. The number of aliphatic hydroxyl groups excluding tert-OH is 1. The maximum absolute atomic E-state index is 13.1. The van der Waals surface area contributed by atoms with Crippen molar-refractivity contribution in [3.8, 4) is 5.75 Å². The van der Waals surface area contributed by atoms with E-state index < -0.39 is 17.7 Å². The van der Waals surface area contributed by atoms with E-state index in [1.165, 1.54) is 0 Å². The lowest BCUT2D eigenvalue weighted by Crippen LogP contribution is -2.35. The van der Waals surface area contributed by atoms with Crippen molar-refractivity contribution in [1.29, 1.82) is 0 Å². The van der Waals surface area contributed by atoms with Gasteiger partial charge in [0, 0.05) is 23.1 Å². The summed E-state index contributed by atoms with van der Waals surface area (Å²) in [5, 5.41) is 11.2. The molecule has 0 radical (unpaired) electrons. The predicted molar refractivity (Wildman–Crippen MR) is 133 cm³/mol. The van der Waals surface area contributed by atoms with E-state index in [1.54, 1.807) is 23.1 Å². The molecule has 0 unspecified atom stereocenters. The maximum atomic E-state index is 13.1. The maximum Gasteiger partial charge on any atom is 0.295 e. The van der Waals surface area contributed by atoms with Crippen LogP contribution in [0.1, 0.15) is 42.5 Å². The first kappa shape index (κ1) is 25.0. The number of aryl methyl sites for hydroxylation is 1. The van der Waals surface area contributed by atoms with Crippen LogP contribution < -0.4 is 4.74 Å². The number of hydrogen-bond acceptors (Lipinski definition) is 5. The first-order valence-corrected chi connectivity index (χ1v) is 12.0. The third-order valence-electron chi connectivity index (χ3n) is 5.72. The minimum absolute atomic E-state index is 0.111. The second-order valence-electron chi connectivity index (χ2n) is 8.53. The SMILES string of the molecule is CCCCOc1ccc(/C(O)=C2\C(=O)C(=O)N(CCN(C)C)[C@@H]2c2ccc(Br)cc2)cc1C. The average molecular weight is 515 g/mol. The molecule has 1 fully saturated rings. The number of nitrogens with zero attached hydrogens (tertiary/aromatic N) is 2. The van der Waals surface area contributed by atoms with Crippen molar-refractivity contribution < 1.29 is 19.4 Å². The van der Waals surface area contributed by atoms with Crippen molar-refractivity contribution in [2.24, 2.45) is 0 Å². The van der Waals surface area contributed by atoms with Crippen LogP contribution in [0.25, 0.3) is 5.76 Å². The van der Waals surface area contributed by atoms with E-state index >= 15 is 0 Å². The molecule has 0 bridgehead atoms. The highest BCUT2D eigenvalue weighted by Gasteiger charge is 2.45. The summed E-state index contributed by atoms with van der Waals surface area (Å²) in [5.41, 5.74) is 2.23. The predicted octanol–water partition coefficient (Wildman–Crippen LogP) is 4.92. The van der Waals surface area contributed by atoms with Crippen LogP contribution in [0, 0.1) is 6.92 Å². The second kappa shape index (κ2) is 11.0. The van der Waals surface area contributed by atoms with E-state index in [1.807, 2.05) is 50.2 Å². The van der Waals surface area contributed by atoms with Crippen LogP contribution in [-0.4, -0.2) is 60.4 Å². The molecule has 1 aliphatic heterocycles. The Bertz CT molecular complexity index is 1050. The third kappa shape index (κ3) is 5.65. The highest BCUT2D eigenvalue weighted by Crippen LogP contribution is 2.40. The zero-order valence-corrected chi connectivity index (χ0v) is 21.2. The molecule has 2 aromatic carbocycles. The van der Waals surface area contributed by atoms with Gasteiger partial charge in [-0.15, -0.1) is 0 Å². The lowest BCUT2D eigenvalue weighted by molar-refractivity contribution is -0.140. The fourth-order valence-electron chi connectivity index (χ4n) is 3.85. The molecule has 3 rings (SSSR count). The fraction of sp³-hybridized carbons (Fsp3) is 0.385. The van der Waals surface area contributed by atoms with Gasteiger partial charge in [0.1, 0.15) is 11.5 Å². The van der Waals surface area contributed by atoms with Crippen molar-refractivity contribution >= 4 is 33.4 Å². The van der Waals surface area contributed by atoms with Gasteiger partial charge in [0.2, 0.25) is 0 Å². The topological polar surface area (TPSA) is 70.1 Å². The zero-order valence-electron chi connectivity index (χ0n) is 19.6. The lowest BCUT2D eigenvalue weighted by Gasteiger charge is -2.26. The molecular formula is C26H31BrN2O4. The van der Waals surface area contributed by atoms with Gasteiger partial charge in [-0.05, 0) is 68.9 Å². The van der Waals surface area contributed by atoms with Crippen LogP contribution in [-0.2, 0) is 9.59 Å². The Kier molecular flexibility index (Phi) is 8.32. The molecule has 0 spiro atoms. The Morgan fingerprint density at radius 2 is 1.85 bits per heavy atom. The number of ketones is 1. The van der Waals surface area contributed by atoms with Gasteiger partial charge in [-0.1, -0.05) is 41.4 Å². The van der Waals surface area contributed by atoms with Gasteiger partial charge in [-0.2, -0.15) is 0 Å². The molecule has 1 atom stereocenters. The molecule has 1 aliphatic rings. The number of amides is 1. The van der Waals surface area contributed by atoms with Gasteiger partial charge < -0.3 is 19.6 Å². The number of likely N-dealkylation sites (tertiary alicyclic amines) is 1. The highest BCUT2D eigenvalue weighted by atomic mass is 79.9. The van der Waals surface area contributed by atoms with E-state index in [0.29, 0.717) is 25.3 Å². The van der Waals surface area contributed by atoms with E-state index in [9.17, 15) is 14.7 Å². The number of ether oxygens (including phenoxy) is 1. The number of Topliss-reactive ketones (excluding diaryl/α,β-unsaturated/α-hetero) is 1. The number of likely N-dealkylation sites (N-methyl/N-ethyl adjacent to an activating group) is 1. The molecule has 6 nitrogen and oxygen atoms in total. The molecule has 0 saturated carbocycles. The summed E-state index contributed by atoms with van der Waals surface area (Å²) in [4.78, 5) is 29.6. The van der Waals surface area contributed by atoms with Gasteiger partial charge in [0.25, 0.3) is 11.7 Å². The monoisotopic (exact) mass is 514 g/mol. The average Bonchev–Trinajstić information content (AvgIpc) is 3.03. The first-order chi connectivity index (χ1) is 15.7. The second-order valence-corrected chi connectivity index (χ2v) is 9.45. The van der Waals surface area contributed by atoms with E-state index in [2.05, 4.69) is 22.9 Å². The number of benzene rings is 2. The Morgan fingerprint density at radius 3 is 2.45 bits per heavy atom. The number of carbonyl (C=O) groups excluding carboxylic acids is 2. The summed E-state index contributed by atoms with van der Waals surface area (Å²) in [5.74, 6) is -0.685. The summed E-state index contributed by atoms with van der Waals surface area (Å²) in [6, 6.07) is 12.1. The summed E-state index contributed by atoms with van der Waals surface area (Å²) in [7, 11) is 3.83. The molecule has 1 heterocycles. The summed E-state index contributed by atoms with van der Waals surface area (Å²) >= 11 is 3.43. The minimum Gasteiger partial charge on any atom is -0.507 e. The third-order valence-corrected chi connectivity index (χ3v) is 6.25. The van der Waals surface area contributed by atoms with Gasteiger partial charge >= 0.3 is 0 Å². The van der Waals surface area contributed by atoms with Crippen LogP contribution in [0.3, 0.4) is 0 Å². The fourth-order valence-corrected chi connectivity index (χ4v) is 4.11. The minimum atomic E-state index is -0.667. The molecule has 2 aromatic rings. The number of halogens is 1. The van der Waals surface area contributed by atoms with Crippen molar-refractivity contribution in [1.82, 2.24) is 9.80 Å². The highest BCUT2D eigenvalue weighted by molar-refractivity contribution is 9.10. The Morgan fingerprint density at radius 1 is 1.15 bits per heavy atom.